The standard InChI is InChI=1S/C35H41NO6/c1-37-33-10-4-7-29(21-33)24-36(25-30-8-5-11-34(22-30)38-2)32-15-13-28(14-16-32)26-41-19-17-40-18-20-42-27-31-9-6-12-35(23-31)39-3/h4-16,21-23H,17-20,24-27H2,1-3H3. The highest BCUT2D eigenvalue weighted by Crippen LogP contribution is 2.24. The predicted molar refractivity (Wildman–Crippen MR) is 165 cm³/mol. The van der Waals surface area contributed by atoms with Crippen molar-refractivity contribution < 1.29 is 28.4 Å². The molecule has 0 aliphatic carbocycles. The van der Waals surface area contributed by atoms with E-state index in [-0.39, 0.29) is 0 Å². The molecular formula is C35H41NO6. The van der Waals surface area contributed by atoms with Gasteiger partial charge in [0.05, 0.1) is 61.0 Å². The van der Waals surface area contributed by atoms with Crippen LogP contribution in [0.3, 0.4) is 0 Å². The smallest absolute Gasteiger partial charge is 0.119 e. The van der Waals surface area contributed by atoms with E-state index in [2.05, 4.69) is 53.4 Å². The molecule has 0 saturated carbocycles. The van der Waals surface area contributed by atoms with Gasteiger partial charge in [0.1, 0.15) is 17.2 Å². The summed E-state index contributed by atoms with van der Waals surface area (Å²) < 4.78 is 33.3. The Kier molecular flexibility index (Phi) is 12.5. The van der Waals surface area contributed by atoms with Crippen molar-refractivity contribution in [3.05, 3.63) is 119 Å². The molecule has 0 amide bonds. The Labute approximate surface area is 249 Å². The first-order valence-electron chi connectivity index (χ1n) is 14.1. The first kappa shape index (κ1) is 30.9. The minimum atomic E-state index is 0.523. The first-order valence-corrected chi connectivity index (χ1v) is 14.1. The van der Waals surface area contributed by atoms with Crippen LogP contribution in [0.1, 0.15) is 22.3 Å². The normalized spacial score (nSPS) is 10.8. The van der Waals surface area contributed by atoms with Crippen molar-refractivity contribution in [2.24, 2.45) is 0 Å². The van der Waals surface area contributed by atoms with Crippen LogP contribution in [0.2, 0.25) is 0 Å². The van der Waals surface area contributed by atoms with Crippen LogP contribution in [0.5, 0.6) is 17.2 Å². The maximum Gasteiger partial charge on any atom is 0.119 e. The summed E-state index contributed by atoms with van der Waals surface area (Å²) in [7, 11) is 5.05. The number of methoxy groups -OCH3 is 3. The molecule has 0 N–H and O–H groups in total. The third kappa shape index (κ3) is 10.1. The Hall–Kier alpha value is -4.04. The van der Waals surface area contributed by atoms with E-state index in [1.54, 1.807) is 21.3 Å². The van der Waals surface area contributed by atoms with Crippen LogP contribution in [-0.2, 0) is 40.5 Å². The van der Waals surface area contributed by atoms with Crippen molar-refractivity contribution in [2.75, 3.05) is 52.7 Å². The summed E-state index contributed by atoms with van der Waals surface area (Å²) in [5.74, 6) is 2.54. The van der Waals surface area contributed by atoms with E-state index in [1.807, 2.05) is 48.5 Å². The van der Waals surface area contributed by atoms with Gasteiger partial charge in [0.2, 0.25) is 0 Å². The van der Waals surface area contributed by atoms with E-state index in [1.165, 1.54) is 11.1 Å². The summed E-state index contributed by atoms with van der Waals surface area (Å²) in [6.45, 7) is 4.64. The summed E-state index contributed by atoms with van der Waals surface area (Å²) in [6, 6.07) is 32.8. The first-order chi connectivity index (χ1) is 20.7. The number of nitrogens with zero attached hydrogens (tertiary/aromatic N) is 1. The van der Waals surface area contributed by atoms with Crippen molar-refractivity contribution in [3.63, 3.8) is 0 Å². The zero-order chi connectivity index (χ0) is 29.4. The van der Waals surface area contributed by atoms with E-state index in [4.69, 9.17) is 28.4 Å². The molecule has 4 aromatic carbocycles. The molecule has 7 heteroatoms. The Bertz CT molecular complexity index is 1290. The van der Waals surface area contributed by atoms with Crippen LogP contribution in [0.15, 0.2) is 97.1 Å². The quantitative estimate of drug-likeness (QED) is 0.124. The molecule has 0 unspecified atom stereocenters. The van der Waals surface area contributed by atoms with Gasteiger partial charge in [-0.25, -0.2) is 0 Å². The number of anilines is 1. The molecule has 0 bridgehead atoms. The van der Waals surface area contributed by atoms with Gasteiger partial charge in [-0.1, -0.05) is 48.5 Å². The maximum atomic E-state index is 5.84. The van der Waals surface area contributed by atoms with E-state index in [9.17, 15) is 0 Å². The highest BCUT2D eigenvalue weighted by Gasteiger charge is 2.11. The van der Waals surface area contributed by atoms with Gasteiger partial charge in [0.25, 0.3) is 0 Å². The summed E-state index contributed by atoms with van der Waals surface area (Å²) in [6.07, 6.45) is 0. The SMILES string of the molecule is COc1cccc(COCCOCCOCc2ccc(N(Cc3cccc(OC)c3)Cc3cccc(OC)c3)cc2)c1. The largest absolute Gasteiger partial charge is 0.497 e. The predicted octanol–water partition coefficient (Wildman–Crippen LogP) is 6.67. The lowest BCUT2D eigenvalue weighted by molar-refractivity contribution is 0.00702. The number of ether oxygens (including phenoxy) is 6. The summed E-state index contributed by atoms with van der Waals surface area (Å²) in [4.78, 5) is 2.35. The molecule has 4 aromatic rings. The number of rotatable bonds is 18. The minimum absolute atomic E-state index is 0.523. The van der Waals surface area contributed by atoms with Gasteiger partial charge in [0.15, 0.2) is 0 Å². The van der Waals surface area contributed by atoms with Crippen molar-refractivity contribution in [2.45, 2.75) is 26.3 Å². The lowest BCUT2D eigenvalue weighted by Gasteiger charge is -2.26. The molecule has 0 radical (unpaired) electrons. The molecule has 0 aliphatic rings. The lowest BCUT2D eigenvalue weighted by atomic mass is 10.1. The van der Waals surface area contributed by atoms with Crippen molar-refractivity contribution in [3.8, 4) is 17.2 Å². The van der Waals surface area contributed by atoms with Crippen LogP contribution < -0.4 is 19.1 Å². The van der Waals surface area contributed by atoms with Crippen LogP contribution in [0.25, 0.3) is 0 Å². The molecule has 0 fully saturated rings. The molecule has 222 valence electrons. The fourth-order valence-corrected chi connectivity index (χ4v) is 4.50. The second kappa shape index (κ2) is 17.0. The summed E-state index contributed by atoms with van der Waals surface area (Å²) in [5, 5.41) is 0. The zero-order valence-corrected chi connectivity index (χ0v) is 24.8. The molecule has 0 aliphatic heterocycles. The average Bonchev–Trinajstić information content (AvgIpc) is 3.04. The molecule has 7 nitrogen and oxygen atoms in total. The molecule has 4 rings (SSSR count). The number of hydrogen-bond donors (Lipinski definition) is 0. The zero-order valence-electron chi connectivity index (χ0n) is 24.8. The molecule has 42 heavy (non-hydrogen) atoms. The van der Waals surface area contributed by atoms with E-state index in [0.717, 1.165) is 47.2 Å². The van der Waals surface area contributed by atoms with Crippen LogP contribution in [-0.4, -0.2) is 47.8 Å². The van der Waals surface area contributed by atoms with Crippen LogP contribution >= 0.6 is 0 Å². The monoisotopic (exact) mass is 571 g/mol. The number of benzene rings is 4. The van der Waals surface area contributed by atoms with E-state index >= 15 is 0 Å². The highest BCUT2D eigenvalue weighted by atomic mass is 16.5. The Morgan fingerprint density at radius 2 is 0.881 bits per heavy atom. The van der Waals surface area contributed by atoms with Crippen LogP contribution in [0, 0.1) is 0 Å². The van der Waals surface area contributed by atoms with Crippen molar-refractivity contribution >= 4 is 5.69 Å². The van der Waals surface area contributed by atoms with E-state index in [0.29, 0.717) is 39.6 Å². The van der Waals surface area contributed by atoms with Crippen molar-refractivity contribution in [1.29, 1.82) is 0 Å². The van der Waals surface area contributed by atoms with E-state index < -0.39 is 0 Å². The third-order valence-corrected chi connectivity index (χ3v) is 6.73. The van der Waals surface area contributed by atoms with Gasteiger partial charge in [-0.15, -0.1) is 0 Å². The van der Waals surface area contributed by atoms with Crippen molar-refractivity contribution in [1.82, 2.24) is 0 Å². The molecular weight excluding hydrogens is 530 g/mol. The van der Waals surface area contributed by atoms with Crippen LogP contribution in [0.4, 0.5) is 5.69 Å². The summed E-state index contributed by atoms with van der Waals surface area (Å²) in [5.41, 5.74) is 5.67. The third-order valence-electron chi connectivity index (χ3n) is 6.73. The second-order valence-corrected chi connectivity index (χ2v) is 9.79. The Morgan fingerprint density at radius 1 is 0.452 bits per heavy atom. The number of hydrogen-bond acceptors (Lipinski definition) is 7. The topological polar surface area (TPSA) is 58.6 Å². The average molecular weight is 572 g/mol. The van der Waals surface area contributed by atoms with Gasteiger partial charge >= 0.3 is 0 Å². The molecule has 0 atom stereocenters. The van der Waals surface area contributed by atoms with Gasteiger partial charge < -0.3 is 33.3 Å². The Balaban J connectivity index is 1.22. The Morgan fingerprint density at radius 3 is 1.38 bits per heavy atom. The van der Waals surface area contributed by atoms with Gasteiger partial charge in [0, 0.05) is 18.8 Å². The summed E-state index contributed by atoms with van der Waals surface area (Å²) >= 11 is 0. The van der Waals surface area contributed by atoms with Gasteiger partial charge in [-0.2, -0.15) is 0 Å². The minimum Gasteiger partial charge on any atom is -0.497 e. The fraction of sp³-hybridized carbons (Fsp3) is 0.314. The molecule has 0 saturated heterocycles. The van der Waals surface area contributed by atoms with Gasteiger partial charge in [-0.05, 0) is 70.8 Å². The molecule has 0 heterocycles. The molecule has 0 spiro atoms. The molecule has 0 aromatic heterocycles. The second-order valence-electron chi connectivity index (χ2n) is 9.79. The maximum absolute atomic E-state index is 5.84. The van der Waals surface area contributed by atoms with Gasteiger partial charge in [-0.3, -0.25) is 0 Å². The lowest BCUT2D eigenvalue weighted by Crippen LogP contribution is -2.22. The highest BCUT2D eigenvalue weighted by molar-refractivity contribution is 5.49. The fourth-order valence-electron chi connectivity index (χ4n) is 4.50.